The number of rotatable bonds is 3. The third-order valence-electron chi connectivity index (χ3n) is 4.19. The van der Waals surface area contributed by atoms with E-state index < -0.39 is 0 Å². The van der Waals surface area contributed by atoms with Gasteiger partial charge in [0.05, 0.1) is 0 Å². The minimum Gasteiger partial charge on any atom is -0.327 e. The van der Waals surface area contributed by atoms with E-state index in [1.165, 1.54) is 44.9 Å². The quantitative estimate of drug-likeness (QED) is 0.711. The molecule has 76 valence electrons. The molecule has 0 bridgehead atoms. The molecule has 2 aliphatic rings. The van der Waals surface area contributed by atoms with E-state index in [0.717, 1.165) is 17.8 Å². The lowest BCUT2D eigenvalue weighted by Gasteiger charge is -2.27. The molecule has 0 saturated heterocycles. The van der Waals surface area contributed by atoms with Gasteiger partial charge in [0.15, 0.2) is 0 Å². The minimum absolute atomic E-state index is 0.547. The van der Waals surface area contributed by atoms with Gasteiger partial charge in [0.2, 0.25) is 0 Å². The summed E-state index contributed by atoms with van der Waals surface area (Å²) >= 11 is 0. The predicted molar refractivity (Wildman–Crippen MR) is 56.4 cm³/mol. The molecular formula is C12H23N. The summed E-state index contributed by atoms with van der Waals surface area (Å²) in [5, 5.41) is 0. The molecule has 2 rings (SSSR count). The van der Waals surface area contributed by atoms with Gasteiger partial charge in [-0.25, -0.2) is 0 Å². The molecule has 2 fully saturated rings. The molecule has 0 radical (unpaired) electrons. The van der Waals surface area contributed by atoms with Crippen LogP contribution < -0.4 is 5.73 Å². The standard InChI is InChI=1S/C12H23N/c1-2-9-8-11(9)12(13)10-6-4-3-5-7-10/h9-12H,2-8,13H2,1H3. The molecule has 0 aromatic carbocycles. The Bertz CT molecular complexity index is 161. The van der Waals surface area contributed by atoms with Gasteiger partial charge in [-0.15, -0.1) is 0 Å². The molecule has 2 aliphatic carbocycles. The van der Waals surface area contributed by atoms with Gasteiger partial charge < -0.3 is 5.73 Å². The lowest BCUT2D eigenvalue weighted by Crippen LogP contribution is -2.34. The Morgan fingerprint density at radius 2 is 1.92 bits per heavy atom. The zero-order chi connectivity index (χ0) is 9.26. The summed E-state index contributed by atoms with van der Waals surface area (Å²) in [6.45, 7) is 2.30. The van der Waals surface area contributed by atoms with Crippen LogP contribution in [0.15, 0.2) is 0 Å². The topological polar surface area (TPSA) is 26.0 Å². The van der Waals surface area contributed by atoms with Gasteiger partial charge in [-0.2, -0.15) is 0 Å². The maximum absolute atomic E-state index is 6.32. The van der Waals surface area contributed by atoms with E-state index in [4.69, 9.17) is 5.73 Å². The zero-order valence-electron chi connectivity index (χ0n) is 8.84. The van der Waals surface area contributed by atoms with Gasteiger partial charge in [0.1, 0.15) is 0 Å². The van der Waals surface area contributed by atoms with Crippen molar-refractivity contribution in [1.82, 2.24) is 0 Å². The molecule has 0 spiro atoms. The van der Waals surface area contributed by atoms with E-state index in [1.54, 1.807) is 0 Å². The third kappa shape index (κ3) is 2.07. The van der Waals surface area contributed by atoms with E-state index >= 15 is 0 Å². The molecule has 2 saturated carbocycles. The van der Waals surface area contributed by atoms with Crippen LogP contribution in [0.3, 0.4) is 0 Å². The van der Waals surface area contributed by atoms with Gasteiger partial charge in [-0.3, -0.25) is 0 Å². The van der Waals surface area contributed by atoms with Crippen LogP contribution in [-0.2, 0) is 0 Å². The molecule has 13 heavy (non-hydrogen) atoms. The lowest BCUT2D eigenvalue weighted by atomic mass is 9.82. The average Bonchev–Trinajstić information content (AvgIpc) is 2.97. The van der Waals surface area contributed by atoms with Crippen LogP contribution in [0.2, 0.25) is 0 Å². The molecule has 1 heteroatoms. The molecule has 0 heterocycles. The van der Waals surface area contributed by atoms with Gasteiger partial charge in [0.25, 0.3) is 0 Å². The van der Waals surface area contributed by atoms with Crippen LogP contribution in [0, 0.1) is 17.8 Å². The Hall–Kier alpha value is -0.0400. The molecule has 0 aliphatic heterocycles. The van der Waals surface area contributed by atoms with Crippen LogP contribution >= 0.6 is 0 Å². The summed E-state index contributed by atoms with van der Waals surface area (Å²) < 4.78 is 0. The first-order valence-corrected chi connectivity index (χ1v) is 6.08. The zero-order valence-corrected chi connectivity index (χ0v) is 8.84. The second-order valence-electron chi connectivity index (χ2n) is 5.04. The first-order chi connectivity index (χ1) is 6.33. The second-order valence-corrected chi connectivity index (χ2v) is 5.04. The van der Waals surface area contributed by atoms with Crippen LogP contribution in [0.25, 0.3) is 0 Å². The highest BCUT2D eigenvalue weighted by atomic mass is 14.7. The van der Waals surface area contributed by atoms with Crippen molar-refractivity contribution >= 4 is 0 Å². The maximum atomic E-state index is 6.32. The summed E-state index contributed by atoms with van der Waals surface area (Å²) in [7, 11) is 0. The molecule has 0 aromatic heterocycles. The van der Waals surface area contributed by atoms with Crippen molar-refractivity contribution in [2.75, 3.05) is 0 Å². The van der Waals surface area contributed by atoms with E-state index in [-0.39, 0.29) is 0 Å². The molecule has 1 nitrogen and oxygen atoms in total. The molecular weight excluding hydrogens is 158 g/mol. The summed E-state index contributed by atoms with van der Waals surface area (Å²) in [5.74, 6) is 2.75. The lowest BCUT2D eigenvalue weighted by molar-refractivity contribution is 0.279. The highest BCUT2D eigenvalue weighted by molar-refractivity contribution is 4.95. The predicted octanol–water partition coefficient (Wildman–Crippen LogP) is 2.94. The fourth-order valence-electron chi connectivity index (χ4n) is 3.08. The Labute approximate surface area is 82.1 Å². The largest absolute Gasteiger partial charge is 0.327 e. The van der Waals surface area contributed by atoms with Crippen molar-refractivity contribution in [3.05, 3.63) is 0 Å². The number of hydrogen-bond donors (Lipinski definition) is 1. The van der Waals surface area contributed by atoms with Crippen molar-refractivity contribution in [2.45, 2.75) is 57.9 Å². The van der Waals surface area contributed by atoms with Crippen LogP contribution in [0.4, 0.5) is 0 Å². The van der Waals surface area contributed by atoms with Crippen LogP contribution in [-0.4, -0.2) is 6.04 Å². The van der Waals surface area contributed by atoms with Gasteiger partial charge in [-0.05, 0) is 37.0 Å². The molecule has 3 atom stereocenters. The van der Waals surface area contributed by atoms with Gasteiger partial charge >= 0.3 is 0 Å². The number of hydrogen-bond acceptors (Lipinski definition) is 1. The Morgan fingerprint density at radius 3 is 2.46 bits per heavy atom. The SMILES string of the molecule is CCC1CC1C(N)C1CCCCC1. The van der Waals surface area contributed by atoms with Crippen molar-refractivity contribution in [3.63, 3.8) is 0 Å². The molecule has 0 aromatic rings. The normalized spacial score (nSPS) is 37.4. The molecule has 0 amide bonds. The Kier molecular flexibility index (Phi) is 2.92. The minimum atomic E-state index is 0.547. The van der Waals surface area contributed by atoms with E-state index in [2.05, 4.69) is 6.92 Å². The van der Waals surface area contributed by atoms with Crippen molar-refractivity contribution in [2.24, 2.45) is 23.5 Å². The molecule has 3 unspecified atom stereocenters. The fourth-order valence-corrected chi connectivity index (χ4v) is 3.08. The van der Waals surface area contributed by atoms with Crippen LogP contribution in [0.5, 0.6) is 0 Å². The first-order valence-electron chi connectivity index (χ1n) is 6.08. The average molecular weight is 181 g/mol. The summed E-state index contributed by atoms with van der Waals surface area (Å²) in [6.07, 6.45) is 9.91. The smallest absolute Gasteiger partial charge is 0.00983 e. The first kappa shape index (κ1) is 9.51. The summed E-state index contributed by atoms with van der Waals surface area (Å²) in [6, 6.07) is 0.547. The highest BCUT2D eigenvalue weighted by Gasteiger charge is 2.42. The fraction of sp³-hybridized carbons (Fsp3) is 1.00. The highest BCUT2D eigenvalue weighted by Crippen LogP contribution is 2.46. The number of nitrogens with two attached hydrogens (primary N) is 1. The van der Waals surface area contributed by atoms with E-state index in [9.17, 15) is 0 Å². The Morgan fingerprint density at radius 1 is 1.23 bits per heavy atom. The van der Waals surface area contributed by atoms with Crippen LogP contribution in [0.1, 0.15) is 51.9 Å². The van der Waals surface area contributed by atoms with E-state index in [0.29, 0.717) is 6.04 Å². The van der Waals surface area contributed by atoms with Crippen molar-refractivity contribution in [1.29, 1.82) is 0 Å². The second kappa shape index (κ2) is 4.00. The van der Waals surface area contributed by atoms with Crippen molar-refractivity contribution < 1.29 is 0 Å². The monoisotopic (exact) mass is 181 g/mol. The Balaban J connectivity index is 1.79. The maximum Gasteiger partial charge on any atom is 0.00983 e. The summed E-state index contributed by atoms with van der Waals surface area (Å²) in [4.78, 5) is 0. The van der Waals surface area contributed by atoms with Gasteiger partial charge in [-0.1, -0.05) is 32.6 Å². The van der Waals surface area contributed by atoms with Gasteiger partial charge in [0, 0.05) is 6.04 Å². The van der Waals surface area contributed by atoms with E-state index in [1.807, 2.05) is 0 Å². The third-order valence-corrected chi connectivity index (χ3v) is 4.19. The van der Waals surface area contributed by atoms with Crippen molar-refractivity contribution in [3.8, 4) is 0 Å². The molecule has 2 N–H and O–H groups in total. The summed E-state index contributed by atoms with van der Waals surface area (Å²) in [5.41, 5.74) is 6.32.